The van der Waals surface area contributed by atoms with E-state index in [2.05, 4.69) is 0 Å². The van der Waals surface area contributed by atoms with Gasteiger partial charge in [-0.3, -0.25) is 9.59 Å². The van der Waals surface area contributed by atoms with Crippen LogP contribution in [0.5, 0.6) is 0 Å². The molecule has 6 heteroatoms. The SMILES string of the molecule is C[C@H]1CN(C(=O)[C@@H]2CCCO2)[C@@H](C)CN1C(=O)[C@@H]1CCCO1. The average Bonchev–Trinajstić information content (AvgIpc) is 3.20. The van der Waals surface area contributed by atoms with E-state index in [9.17, 15) is 9.59 Å². The largest absolute Gasteiger partial charge is 0.368 e. The van der Waals surface area contributed by atoms with Crippen LogP contribution in [-0.4, -0.2) is 72.2 Å². The Labute approximate surface area is 131 Å². The fourth-order valence-electron chi connectivity index (χ4n) is 3.66. The van der Waals surface area contributed by atoms with Crippen molar-refractivity contribution >= 4 is 11.8 Å². The predicted molar refractivity (Wildman–Crippen MR) is 80.3 cm³/mol. The molecule has 3 aliphatic heterocycles. The van der Waals surface area contributed by atoms with E-state index in [0.717, 1.165) is 25.7 Å². The van der Waals surface area contributed by atoms with Gasteiger partial charge in [-0.05, 0) is 39.5 Å². The van der Waals surface area contributed by atoms with E-state index >= 15 is 0 Å². The number of ether oxygens (including phenoxy) is 2. The molecule has 2 amide bonds. The van der Waals surface area contributed by atoms with Gasteiger partial charge in [-0.1, -0.05) is 0 Å². The number of hydrogen-bond donors (Lipinski definition) is 0. The fourth-order valence-corrected chi connectivity index (χ4v) is 3.66. The molecule has 0 aromatic heterocycles. The van der Waals surface area contributed by atoms with Crippen LogP contribution in [0, 0.1) is 0 Å². The van der Waals surface area contributed by atoms with Gasteiger partial charge < -0.3 is 19.3 Å². The van der Waals surface area contributed by atoms with Crippen LogP contribution in [0.15, 0.2) is 0 Å². The van der Waals surface area contributed by atoms with Gasteiger partial charge in [0.1, 0.15) is 12.2 Å². The number of nitrogens with zero attached hydrogens (tertiary/aromatic N) is 2. The number of hydrogen-bond acceptors (Lipinski definition) is 4. The molecular formula is C16H26N2O4. The molecule has 0 bridgehead atoms. The molecule has 0 saturated carbocycles. The Balaban J connectivity index is 1.63. The Hall–Kier alpha value is -1.14. The lowest BCUT2D eigenvalue weighted by molar-refractivity contribution is -0.155. The topological polar surface area (TPSA) is 59.1 Å². The van der Waals surface area contributed by atoms with Crippen molar-refractivity contribution in [2.45, 2.75) is 63.8 Å². The van der Waals surface area contributed by atoms with Crippen LogP contribution >= 0.6 is 0 Å². The van der Waals surface area contributed by atoms with E-state index in [1.54, 1.807) is 0 Å². The number of carbonyl (C=O) groups is 2. The van der Waals surface area contributed by atoms with Crippen LogP contribution in [0.1, 0.15) is 39.5 Å². The zero-order valence-corrected chi connectivity index (χ0v) is 13.5. The van der Waals surface area contributed by atoms with Crippen molar-refractivity contribution in [3.8, 4) is 0 Å². The number of carbonyl (C=O) groups excluding carboxylic acids is 2. The van der Waals surface area contributed by atoms with Gasteiger partial charge in [-0.15, -0.1) is 0 Å². The van der Waals surface area contributed by atoms with Crippen molar-refractivity contribution in [3.05, 3.63) is 0 Å². The van der Waals surface area contributed by atoms with Gasteiger partial charge in [0, 0.05) is 38.4 Å². The summed E-state index contributed by atoms with van der Waals surface area (Å²) in [6.45, 7) is 6.54. The van der Waals surface area contributed by atoms with Crippen LogP contribution < -0.4 is 0 Å². The highest BCUT2D eigenvalue weighted by molar-refractivity contribution is 5.84. The lowest BCUT2D eigenvalue weighted by Crippen LogP contribution is -2.62. The Morgan fingerprint density at radius 3 is 1.55 bits per heavy atom. The maximum absolute atomic E-state index is 12.6. The van der Waals surface area contributed by atoms with E-state index < -0.39 is 0 Å². The minimum absolute atomic E-state index is 0.0262. The van der Waals surface area contributed by atoms with Crippen LogP contribution in [0.2, 0.25) is 0 Å². The fraction of sp³-hybridized carbons (Fsp3) is 0.875. The van der Waals surface area contributed by atoms with Gasteiger partial charge in [0.15, 0.2) is 0 Å². The molecule has 0 spiro atoms. The minimum Gasteiger partial charge on any atom is -0.368 e. The first-order valence-corrected chi connectivity index (χ1v) is 8.42. The highest BCUT2D eigenvalue weighted by atomic mass is 16.5. The van der Waals surface area contributed by atoms with E-state index in [-0.39, 0.29) is 36.1 Å². The summed E-state index contributed by atoms with van der Waals surface area (Å²) in [6, 6.07) is 0.0523. The molecule has 3 aliphatic rings. The first-order valence-electron chi connectivity index (χ1n) is 8.42. The van der Waals surface area contributed by atoms with Gasteiger partial charge in [0.25, 0.3) is 11.8 Å². The molecule has 0 radical (unpaired) electrons. The summed E-state index contributed by atoms with van der Waals surface area (Å²) in [5.41, 5.74) is 0. The van der Waals surface area contributed by atoms with Crippen molar-refractivity contribution in [2.75, 3.05) is 26.3 Å². The van der Waals surface area contributed by atoms with Crippen LogP contribution in [-0.2, 0) is 19.1 Å². The number of rotatable bonds is 2. The third-order valence-corrected chi connectivity index (χ3v) is 4.96. The summed E-state index contributed by atoms with van der Waals surface area (Å²) in [5, 5.41) is 0. The van der Waals surface area contributed by atoms with Crippen LogP contribution in [0.3, 0.4) is 0 Å². The third-order valence-electron chi connectivity index (χ3n) is 4.96. The lowest BCUT2D eigenvalue weighted by atomic mass is 10.0. The van der Waals surface area contributed by atoms with Gasteiger partial charge >= 0.3 is 0 Å². The average molecular weight is 310 g/mol. The summed E-state index contributed by atoms with van der Waals surface area (Å²) < 4.78 is 11.0. The second-order valence-electron chi connectivity index (χ2n) is 6.68. The van der Waals surface area contributed by atoms with Gasteiger partial charge in [0.2, 0.25) is 0 Å². The standard InChI is InChI=1S/C16H26N2O4/c1-11-9-18(16(20)14-6-4-8-22-14)12(2)10-17(11)15(19)13-5-3-7-21-13/h11-14H,3-10H2,1-2H3/t11-,12-,13-,14-/m0/s1. The van der Waals surface area contributed by atoms with E-state index in [4.69, 9.17) is 9.47 Å². The Morgan fingerprint density at radius 1 is 0.818 bits per heavy atom. The quantitative estimate of drug-likeness (QED) is 0.757. The van der Waals surface area contributed by atoms with Gasteiger partial charge in [-0.2, -0.15) is 0 Å². The molecule has 124 valence electrons. The third kappa shape index (κ3) is 2.99. The minimum atomic E-state index is -0.282. The van der Waals surface area contributed by atoms with E-state index in [1.807, 2.05) is 23.6 Å². The number of piperazine rings is 1. The van der Waals surface area contributed by atoms with Gasteiger partial charge in [-0.25, -0.2) is 0 Å². The summed E-state index contributed by atoms with van der Waals surface area (Å²) in [5.74, 6) is 0.169. The van der Waals surface area contributed by atoms with Crippen LogP contribution in [0.25, 0.3) is 0 Å². The predicted octanol–water partition coefficient (Wildman–Crippen LogP) is 0.792. The highest BCUT2D eigenvalue weighted by Crippen LogP contribution is 2.23. The molecular weight excluding hydrogens is 284 g/mol. The zero-order valence-electron chi connectivity index (χ0n) is 13.5. The highest BCUT2D eigenvalue weighted by Gasteiger charge is 2.40. The van der Waals surface area contributed by atoms with Crippen molar-refractivity contribution in [1.82, 2.24) is 9.80 Å². The van der Waals surface area contributed by atoms with Crippen molar-refractivity contribution in [3.63, 3.8) is 0 Å². The normalized spacial score (nSPS) is 35.9. The maximum atomic E-state index is 12.6. The summed E-state index contributed by atoms with van der Waals surface area (Å²) >= 11 is 0. The summed E-state index contributed by atoms with van der Waals surface area (Å²) in [6.07, 6.45) is 2.98. The summed E-state index contributed by atoms with van der Waals surface area (Å²) in [4.78, 5) is 28.9. The molecule has 3 fully saturated rings. The molecule has 3 rings (SSSR count). The Kier molecular flexibility index (Phi) is 4.68. The van der Waals surface area contributed by atoms with Crippen molar-refractivity contribution < 1.29 is 19.1 Å². The molecule has 0 aliphatic carbocycles. The monoisotopic (exact) mass is 310 g/mol. The van der Waals surface area contributed by atoms with Crippen LogP contribution in [0.4, 0.5) is 0 Å². The maximum Gasteiger partial charge on any atom is 0.252 e. The molecule has 0 unspecified atom stereocenters. The first-order chi connectivity index (χ1) is 10.6. The van der Waals surface area contributed by atoms with Gasteiger partial charge in [0.05, 0.1) is 0 Å². The lowest BCUT2D eigenvalue weighted by Gasteiger charge is -2.45. The second-order valence-corrected chi connectivity index (χ2v) is 6.68. The van der Waals surface area contributed by atoms with Crippen molar-refractivity contribution in [2.24, 2.45) is 0 Å². The first kappa shape index (κ1) is 15.7. The Bertz CT molecular complexity index is 390. The van der Waals surface area contributed by atoms with E-state index in [0.29, 0.717) is 26.3 Å². The molecule has 0 aromatic carbocycles. The van der Waals surface area contributed by atoms with E-state index in [1.165, 1.54) is 0 Å². The molecule has 4 atom stereocenters. The molecule has 0 N–H and O–H groups in total. The molecule has 22 heavy (non-hydrogen) atoms. The molecule has 0 aromatic rings. The number of amides is 2. The molecule has 6 nitrogen and oxygen atoms in total. The van der Waals surface area contributed by atoms with Crippen molar-refractivity contribution in [1.29, 1.82) is 0 Å². The molecule has 3 saturated heterocycles. The smallest absolute Gasteiger partial charge is 0.252 e. The zero-order chi connectivity index (χ0) is 15.7. The second kappa shape index (κ2) is 6.54. The summed E-state index contributed by atoms with van der Waals surface area (Å²) in [7, 11) is 0. The molecule has 3 heterocycles. The Morgan fingerprint density at radius 2 is 1.23 bits per heavy atom.